The number of carboxylic acids is 1. The molecule has 0 aliphatic heterocycles. The van der Waals surface area contributed by atoms with E-state index in [2.05, 4.69) is 10.3 Å². The van der Waals surface area contributed by atoms with Crippen molar-refractivity contribution in [1.29, 1.82) is 0 Å². The van der Waals surface area contributed by atoms with Gasteiger partial charge in [-0.15, -0.1) is 11.3 Å². The van der Waals surface area contributed by atoms with Gasteiger partial charge in [-0.1, -0.05) is 30.3 Å². The minimum absolute atomic E-state index is 0.0909. The van der Waals surface area contributed by atoms with Gasteiger partial charge in [0.2, 0.25) is 5.91 Å². The Kier molecular flexibility index (Phi) is 4.71. The summed E-state index contributed by atoms with van der Waals surface area (Å²) in [4.78, 5) is 28.7. The molecule has 0 saturated heterocycles. The maximum Gasteiger partial charge on any atom is 0.312 e. The molecule has 0 fully saturated rings. The van der Waals surface area contributed by atoms with Crippen molar-refractivity contribution in [3.05, 3.63) is 46.5 Å². The highest BCUT2D eigenvalue weighted by Crippen LogP contribution is 2.36. The molecule has 1 unspecified atom stereocenters. The Bertz CT molecular complexity index is 712. The number of benzene rings is 1. The van der Waals surface area contributed by atoms with Crippen molar-refractivity contribution in [2.24, 2.45) is 0 Å². The van der Waals surface area contributed by atoms with Crippen molar-refractivity contribution in [1.82, 2.24) is 4.98 Å². The van der Waals surface area contributed by atoms with Crippen molar-refractivity contribution in [3.63, 3.8) is 0 Å². The molecule has 1 aliphatic carbocycles. The van der Waals surface area contributed by atoms with Crippen molar-refractivity contribution >= 4 is 28.3 Å². The van der Waals surface area contributed by atoms with E-state index in [1.165, 1.54) is 11.3 Å². The maximum atomic E-state index is 12.1. The number of aryl methyl sites for hydroxylation is 2. The fourth-order valence-electron chi connectivity index (χ4n) is 2.80. The van der Waals surface area contributed by atoms with E-state index in [0.717, 1.165) is 23.3 Å². The molecular formula is C17H18N2O3S. The molecule has 3 rings (SSSR count). The quantitative estimate of drug-likeness (QED) is 0.882. The van der Waals surface area contributed by atoms with Gasteiger partial charge in [-0.05, 0) is 31.2 Å². The Balaban J connectivity index is 1.62. The first kappa shape index (κ1) is 15.7. The van der Waals surface area contributed by atoms with E-state index >= 15 is 0 Å². The van der Waals surface area contributed by atoms with Crippen LogP contribution in [-0.4, -0.2) is 22.0 Å². The zero-order valence-electron chi connectivity index (χ0n) is 12.6. The topological polar surface area (TPSA) is 79.3 Å². The lowest BCUT2D eigenvalue weighted by Gasteiger charge is -2.16. The highest BCUT2D eigenvalue weighted by Gasteiger charge is 2.30. The Morgan fingerprint density at radius 3 is 2.83 bits per heavy atom. The first-order chi connectivity index (χ1) is 11.1. The third-order valence-electron chi connectivity index (χ3n) is 3.98. The SMILES string of the molecule is O=C(CCc1ccccc1)Nc1nc2c(s1)CCCC2C(=O)O. The molecule has 2 N–H and O–H groups in total. The number of rotatable bonds is 5. The van der Waals surface area contributed by atoms with Crippen LogP contribution in [0.25, 0.3) is 0 Å². The molecule has 0 bridgehead atoms. The minimum atomic E-state index is -0.835. The monoisotopic (exact) mass is 330 g/mol. The molecule has 1 aromatic carbocycles. The van der Waals surface area contributed by atoms with Crippen LogP contribution in [0, 0.1) is 0 Å². The number of carbonyl (C=O) groups is 2. The van der Waals surface area contributed by atoms with Crippen molar-refractivity contribution < 1.29 is 14.7 Å². The standard InChI is InChI=1S/C17H18N2O3S/c20-14(10-9-11-5-2-1-3-6-11)18-17-19-15-12(16(21)22)7-4-8-13(15)23-17/h1-3,5-6,12H,4,7-10H2,(H,21,22)(H,18,19,20). The first-order valence-corrected chi connectivity index (χ1v) is 8.51. The molecule has 1 aromatic heterocycles. The van der Waals surface area contributed by atoms with Gasteiger partial charge < -0.3 is 10.4 Å². The summed E-state index contributed by atoms with van der Waals surface area (Å²) in [5.74, 6) is -1.46. The first-order valence-electron chi connectivity index (χ1n) is 7.69. The van der Waals surface area contributed by atoms with Crippen LogP contribution in [0.4, 0.5) is 5.13 Å². The van der Waals surface area contributed by atoms with Crippen LogP contribution in [0.15, 0.2) is 30.3 Å². The summed E-state index contributed by atoms with van der Waals surface area (Å²) in [6.45, 7) is 0. The van der Waals surface area contributed by atoms with Gasteiger partial charge in [-0.25, -0.2) is 4.98 Å². The fourth-order valence-corrected chi connectivity index (χ4v) is 3.88. The van der Waals surface area contributed by atoms with Crippen molar-refractivity contribution in [2.75, 3.05) is 5.32 Å². The smallest absolute Gasteiger partial charge is 0.312 e. The molecule has 120 valence electrons. The predicted molar refractivity (Wildman–Crippen MR) is 88.8 cm³/mol. The van der Waals surface area contributed by atoms with Crippen LogP contribution in [0.5, 0.6) is 0 Å². The van der Waals surface area contributed by atoms with Gasteiger partial charge in [0, 0.05) is 11.3 Å². The van der Waals surface area contributed by atoms with E-state index < -0.39 is 11.9 Å². The summed E-state index contributed by atoms with van der Waals surface area (Å²) >= 11 is 1.40. The second-order valence-electron chi connectivity index (χ2n) is 5.64. The fraction of sp³-hybridized carbons (Fsp3) is 0.353. The molecule has 1 heterocycles. The molecule has 1 amide bonds. The molecule has 0 saturated carbocycles. The normalized spacial score (nSPS) is 16.6. The number of hydrogen-bond donors (Lipinski definition) is 2. The predicted octanol–water partition coefficient (Wildman–Crippen LogP) is 3.22. The largest absolute Gasteiger partial charge is 0.481 e. The molecular weight excluding hydrogens is 312 g/mol. The number of anilines is 1. The van der Waals surface area contributed by atoms with E-state index in [1.54, 1.807) is 0 Å². The lowest BCUT2D eigenvalue weighted by molar-refractivity contribution is -0.139. The van der Waals surface area contributed by atoms with Gasteiger partial charge in [0.25, 0.3) is 0 Å². The Labute approximate surface area is 138 Å². The van der Waals surface area contributed by atoms with Crippen LogP contribution in [0.1, 0.15) is 41.3 Å². The number of nitrogens with one attached hydrogen (secondary N) is 1. The average molecular weight is 330 g/mol. The Morgan fingerprint density at radius 1 is 1.30 bits per heavy atom. The maximum absolute atomic E-state index is 12.1. The lowest BCUT2D eigenvalue weighted by Crippen LogP contribution is -2.17. The van der Waals surface area contributed by atoms with Gasteiger partial charge in [0.05, 0.1) is 5.69 Å². The number of carboxylic acid groups (broad SMARTS) is 1. The second kappa shape index (κ2) is 6.91. The summed E-state index contributed by atoms with van der Waals surface area (Å²) in [7, 11) is 0. The van der Waals surface area contributed by atoms with Crippen LogP contribution < -0.4 is 5.32 Å². The number of thiazole rings is 1. The van der Waals surface area contributed by atoms with Gasteiger partial charge in [0.15, 0.2) is 5.13 Å². The Hall–Kier alpha value is -2.21. The van der Waals surface area contributed by atoms with Gasteiger partial charge in [0.1, 0.15) is 5.92 Å². The molecule has 2 aromatic rings. The van der Waals surface area contributed by atoms with Crippen LogP contribution >= 0.6 is 11.3 Å². The van der Waals surface area contributed by atoms with E-state index in [4.69, 9.17) is 0 Å². The highest BCUT2D eigenvalue weighted by atomic mass is 32.1. The number of aromatic nitrogens is 1. The van der Waals surface area contributed by atoms with Gasteiger partial charge in [-0.3, -0.25) is 9.59 Å². The molecule has 6 heteroatoms. The third kappa shape index (κ3) is 3.76. The molecule has 23 heavy (non-hydrogen) atoms. The van der Waals surface area contributed by atoms with E-state index in [1.807, 2.05) is 30.3 Å². The summed E-state index contributed by atoms with van der Waals surface area (Å²) < 4.78 is 0. The average Bonchev–Trinajstić information content (AvgIpc) is 2.95. The van der Waals surface area contributed by atoms with Crippen LogP contribution in [-0.2, 0) is 22.4 Å². The van der Waals surface area contributed by atoms with E-state index in [9.17, 15) is 14.7 Å². The van der Waals surface area contributed by atoms with Gasteiger partial charge in [-0.2, -0.15) is 0 Å². The molecule has 0 spiro atoms. The van der Waals surface area contributed by atoms with Crippen LogP contribution in [0.3, 0.4) is 0 Å². The number of amides is 1. The van der Waals surface area contributed by atoms with E-state index in [-0.39, 0.29) is 5.91 Å². The van der Waals surface area contributed by atoms with Crippen molar-refractivity contribution in [3.8, 4) is 0 Å². The van der Waals surface area contributed by atoms with Gasteiger partial charge >= 0.3 is 5.97 Å². The number of carbonyl (C=O) groups excluding carboxylic acids is 1. The Morgan fingerprint density at radius 2 is 2.09 bits per heavy atom. The highest BCUT2D eigenvalue weighted by molar-refractivity contribution is 7.15. The lowest BCUT2D eigenvalue weighted by atomic mass is 9.91. The molecule has 0 radical (unpaired) electrons. The number of hydrogen-bond acceptors (Lipinski definition) is 4. The number of fused-ring (bicyclic) bond motifs is 1. The molecule has 1 atom stereocenters. The van der Waals surface area contributed by atoms with E-state index in [0.29, 0.717) is 30.1 Å². The summed E-state index contributed by atoms with van der Waals surface area (Å²) in [6, 6.07) is 9.84. The zero-order chi connectivity index (χ0) is 16.2. The summed E-state index contributed by atoms with van der Waals surface area (Å²) in [6.07, 6.45) is 3.38. The zero-order valence-corrected chi connectivity index (χ0v) is 13.4. The third-order valence-corrected chi connectivity index (χ3v) is 5.03. The summed E-state index contributed by atoms with van der Waals surface area (Å²) in [5.41, 5.74) is 1.75. The van der Waals surface area contributed by atoms with Crippen molar-refractivity contribution in [2.45, 2.75) is 38.0 Å². The second-order valence-corrected chi connectivity index (χ2v) is 6.73. The summed E-state index contributed by atoms with van der Waals surface area (Å²) in [5, 5.41) is 12.6. The number of aliphatic carboxylic acids is 1. The molecule has 5 nitrogen and oxygen atoms in total. The van der Waals surface area contributed by atoms with Crippen LogP contribution in [0.2, 0.25) is 0 Å². The molecule has 1 aliphatic rings. The number of nitrogens with zero attached hydrogens (tertiary/aromatic N) is 1. The minimum Gasteiger partial charge on any atom is -0.481 e.